The van der Waals surface area contributed by atoms with E-state index < -0.39 is 0 Å². The normalized spacial score (nSPS) is 11.3. The summed E-state index contributed by atoms with van der Waals surface area (Å²) in [5, 5.41) is 12.3. The SMILES string of the molecule is CC(C)(C)NCc1ccc(-n2ccnc2C#N)nc1. The molecule has 5 nitrogen and oxygen atoms in total. The van der Waals surface area contributed by atoms with E-state index in [0.717, 1.165) is 12.1 Å². The number of hydrogen-bond acceptors (Lipinski definition) is 4. The molecule has 0 radical (unpaired) electrons. The van der Waals surface area contributed by atoms with E-state index >= 15 is 0 Å². The first-order valence-corrected chi connectivity index (χ1v) is 6.13. The third-order valence-electron chi connectivity index (χ3n) is 2.62. The molecule has 2 rings (SSSR count). The summed E-state index contributed by atoms with van der Waals surface area (Å²) in [6.45, 7) is 7.14. The molecule has 0 aromatic carbocycles. The maximum Gasteiger partial charge on any atom is 0.218 e. The second-order valence-electron chi connectivity index (χ2n) is 5.36. The van der Waals surface area contributed by atoms with Gasteiger partial charge in [-0.3, -0.25) is 4.57 Å². The van der Waals surface area contributed by atoms with Crippen LogP contribution in [-0.4, -0.2) is 20.1 Å². The zero-order valence-electron chi connectivity index (χ0n) is 11.4. The molecule has 98 valence electrons. The van der Waals surface area contributed by atoms with E-state index in [1.54, 1.807) is 17.0 Å². The summed E-state index contributed by atoms with van der Waals surface area (Å²) in [6.07, 6.45) is 5.14. The van der Waals surface area contributed by atoms with Gasteiger partial charge in [-0.1, -0.05) is 6.07 Å². The van der Waals surface area contributed by atoms with Crippen molar-refractivity contribution in [3.63, 3.8) is 0 Å². The Labute approximate surface area is 112 Å². The van der Waals surface area contributed by atoms with Gasteiger partial charge in [0, 0.05) is 30.7 Å². The molecule has 2 aromatic heterocycles. The average molecular weight is 255 g/mol. The summed E-state index contributed by atoms with van der Waals surface area (Å²) < 4.78 is 1.67. The number of pyridine rings is 1. The van der Waals surface area contributed by atoms with Crippen molar-refractivity contribution in [1.29, 1.82) is 5.26 Å². The molecule has 0 unspecified atom stereocenters. The number of rotatable bonds is 3. The first kappa shape index (κ1) is 13.2. The molecule has 1 N–H and O–H groups in total. The first-order chi connectivity index (χ1) is 8.99. The monoisotopic (exact) mass is 255 g/mol. The molecule has 0 saturated carbocycles. The molecule has 0 bridgehead atoms. The van der Waals surface area contributed by atoms with Crippen LogP contribution in [0.1, 0.15) is 32.2 Å². The Hall–Kier alpha value is -2.19. The molecule has 0 atom stereocenters. The number of nitrogens with one attached hydrogen (secondary N) is 1. The Morgan fingerprint density at radius 2 is 2.11 bits per heavy atom. The van der Waals surface area contributed by atoms with E-state index in [9.17, 15) is 0 Å². The van der Waals surface area contributed by atoms with Crippen LogP contribution in [0.3, 0.4) is 0 Å². The summed E-state index contributed by atoms with van der Waals surface area (Å²) in [5.74, 6) is 1.04. The molecule has 0 fully saturated rings. The summed E-state index contributed by atoms with van der Waals surface area (Å²) in [6, 6.07) is 5.93. The molecule has 19 heavy (non-hydrogen) atoms. The van der Waals surface area contributed by atoms with Gasteiger partial charge in [0.25, 0.3) is 0 Å². The van der Waals surface area contributed by atoms with Crippen LogP contribution in [0.2, 0.25) is 0 Å². The molecule has 0 amide bonds. The minimum Gasteiger partial charge on any atom is -0.308 e. The van der Waals surface area contributed by atoms with Gasteiger partial charge < -0.3 is 5.32 Å². The Bertz CT molecular complexity index is 584. The molecule has 0 spiro atoms. The maximum atomic E-state index is 8.93. The van der Waals surface area contributed by atoms with Crippen molar-refractivity contribution in [2.75, 3.05) is 0 Å². The molecule has 0 saturated heterocycles. The zero-order chi connectivity index (χ0) is 13.9. The van der Waals surface area contributed by atoms with Gasteiger partial charge in [0.2, 0.25) is 5.82 Å². The van der Waals surface area contributed by atoms with Crippen molar-refractivity contribution in [3.8, 4) is 11.9 Å². The van der Waals surface area contributed by atoms with Crippen molar-refractivity contribution < 1.29 is 0 Å². The van der Waals surface area contributed by atoms with E-state index in [1.807, 2.05) is 24.4 Å². The van der Waals surface area contributed by atoms with E-state index in [0.29, 0.717) is 11.6 Å². The highest BCUT2D eigenvalue weighted by Crippen LogP contribution is 2.09. The van der Waals surface area contributed by atoms with Gasteiger partial charge in [0.05, 0.1) is 0 Å². The van der Waals surface area contributed by atoms with E-state index in [-0.39, 0.29) is 5.54 Å². The number of hydrogen-bond donors (Lipinski definition) is 1. The minimum atomic E-state index is 0.0804. The highest BCUT2D eigenvalue weighted by molar-refractivity contribution is 5.30. The number of aromatic nitrogens is 3. The maximum absolute atomic E-state index is 8.93. The lowest BCUT2D eigenvalue weighted by Crippen LogP contribution is -2.35. The van der Waals surface area contributed by atoms with Crippen LogP contribution in [0, 0.1) is 11.3 Å². The van der Waals surface area contributed by atoms with Crippen molar-refractivity contribution >= 4 is 0 Å². The van der Waals surface area contributed by atoms with Gasteiger partial charge in [-0.15, -0.1) is 0 Å². The second kappa shape index (κ2) is 5.21. The Balaban J connectivity index is 2.13. The summed E-state index contributed by atoms with van der Waals surface area (Å²) in [7, 11) is 0. The average Bonchev–Trinajstić information content (AvgIpc) is 2.84. The quantitative estimate of drug-likeness (QED) is 0.911. The van der Waals surface area contributed by atoms with Crippen molar-refractivity contribution in [1.82, 2.24) is 19.9 Å². The molecule has 2 aromatic rings. The lowest BCUT2D eigenvalue weighted by molar-refractivity contribution is 0.424. The van der Waals surface area contributed by atoms with Crippen LogP contribution in [0.15, 0.2) is 30.7 Å². The van der Waals surface area contributed by atoms with Gasteiger partial charge in [-0.25, -0.2) is 9.97 Å². The molecule has 2 heterocycles. The Morgan fingerprint density at radius 3 is 2.68 bits per heavy atom. The molecule has 0 aliphatic heterocycles. The lowest BCUT2D eigenvalue weighted by Gasteiger charge is -2.20. The number of nitriles is 1. The fourth-order valence-corrected chi connectivity index (χ4v) is 1.60. The molecule has 5 heteroatoms. The predicted molar refractivity (Wildman–Crippen MR) is 72.7 cm³/mol. The van der Waals surface area contributed by atoms with E-state index in [2.05, 4.69) is 36.1 Å². The lowest BCUT2D eigenvalue weighted by atomic mass is 10.1. The van der Waals surface area contributed by atoms with Crippen LogP contribution < -0.4 is 5.32 Å². The van der Waals surface area contributed by atoms with Gasteiger partial charge in [0.15, 0.2) is 0 Å². The highest BCUT2D eigenvalue weighted by atomic mass is 15.1. The van der Waals surface area contributed by atoms with Gasteiger partial charge in [-0.05, 0) is 32.4 Å². The Kier molecular flexibility index (Phi) is 3.63. The van der Waals surface area contributed by atoms with Crippen LogP contribution in [0.25, 0.3) is 5.82 Å². The molecule has 0 aliphatic carbocycles. The molecular weight excluding hydrogens is 238 g/mol. The third-order valence-corrected chi connectivity index (χ3v) is 2.62. The van der Waals surface area contributed by atoms with Gasteiger partial charge in [-0.2, -0.15) is 5.26 Å². The minimum absolute atomic E-state index is 0.0804. The largest absolute Gasteiger partial charge is 0.308 e. The smallest absolute Gasteiger partial charge is 0.218 e. The van der Waals surface area contributed by atoms with Crippen LogP contribution >= 0.6 is 0 Å². The summed E-state index contributed by atoms with van der Waals surface area (Å²) in [5.41, 5.74) is 1.19. The fraction of sp³-hybridized carbons (Fsp3) is 0.357. The van der Waals surface area contributed by atoms with E-state index in [1.165, 1.54) is 0 Å². The Morgan fingerprint density at radius 1 is 1.32 bits per heavy atom. The third kappa shape index (κ3) is 3.39. The first-order valence-electron chi connectivity index (χ1n) is 6.13. The standard InChI is InChI=1S/C14H17N5/c1-14(2,3)18-10-11-4-5-12(17-9-11)19-7-6-16-13(19)8-15/h4-7,9,18H,10H2,1-3H3. The van der Waals surface area contributed by atoms with Crippen LogP contribution in [0.4, 0.5) is 0 Å². The topological polar surface area (TPSA) is 66.5 Å². The molecule has 0 aliphatic rings. The van der Waals surface area contributed by atoms with Crippen molar-refractivity contribution in [3.05, 3.63) is 42.1 Å². The number of imidazole rings is 1. The molecular formula is C14H17N5. The van der Waals surface area contributed by atoms with Gasteiger partial charge >= 0.3 is 0 Å². The summed E-state index contributed by atoms with van der Waals surface area (Å²) >= 11 is 0. The van der Waals surface area contributed by atoms with E-state index in [4.69, 9.17) is 5.26 Å². The second-order valence-corrected chi connectivity index (χ2v) is 5.36. The predicted octanol–water partition coefficient (Wildman–Crippen LogP) is 2.03. The number of nitrogens with zero attached hydrogens (tertiary/aromatic N) is 4. The van der Waals surface area contributed by atoms with Gasteiger partial charge in [0.1, 0.15) is 11.9 Å². The van der Waals surface area contributed by atoms with Crippen molar-refractivity contribution in [2.24, 2.45) is 0 Å². The summed E-state index contributed by atoms with van der Waals surface area (Å²) in [4.78, 5) is 8.31. The van der Waals surface area contributed by atoms with Crippen LogP contribution in [-0.2, 0) is 6.54 Å². The highest BCUT2D eigenvalue weighted by Gasteiger charge is 2.09. The van der Waals surface area contributed by atoms with Crippen molar-refractivity contribution in [2.45, 2.75) is 32.9 Å². The zero-order valence-corrected chi connectivity index (χ0v) is 11.4. The fourth-order valence-electron chi connectivity index (χ4n) is 1.60. The van der Waals surface area contributed by atoms with Crippen LogP contribution in [0.5, 0.6) is 0 Å².